The van der Waals surface area contributed by atoms with Gasteiger partial charge in [0.05, 0.1) is 33.3 Å². The molecule has 3 aromatic rings. The molecule has 3 amide bonds. The summed E-state index contributed by atoms with van der Waals surface area (Å²) in [4.78, 5) is 67.8. The zero-order valence-electron chi connectivity index (χ0n) is 22.8. The molecular weight excluding hydrogens is 649 g/mol. The number of thioether (sulfide) groups is 1. The van der Waals surface area contributed by atoms with Crippen LogP contribution in [0.5, 0.6) is 5.75 Å². The summed E-state index contributed by atoms with van der Waals surface area (Å²) >= 11 is 14.7. The number of anilines is 1. The smallest absolute Gasteiger partial charge is 0.305 e. The number of hydrogen-bond donors (Lipinski definition) is 3. The van der Waals surface area contributed by atoms with Gasteiger partial charge in [0.2, 0.25) is 11.8 Å². The summed E-state index contributed by atoms with van der Waals surface area (Å²) < 4.78 is 5.72. The Kier molecular flexibility index (Phi) is 7.51. The second-order valence-electron chi connectivity index (χ2n) is 11.5. The highest BCUT2D eigenvalue weighted by Gasteiger charge is 2.69. The number of amides is 3. The van der Waals surface area contributed by atoms with E-state index >= 15 is 0 Å². The van der Waals surface area contributed by atoms with Gasteiger partial charge in [0.1, 0.15) is 5.75 Å². The van der Waals surface area contributed by atoms with Gasteiger partial charge in [0, 0.05) is 28.3 Å². The number of hydrogen-bond acceptors (Lipinski definition) is 8. The maximum absolute atomic E-state index is 13.5. The molecule has 7 atom stereocenters. The number of nitrogens with one attached hydrogen (secondary N) is 2. The molecule has 3 heterocycles. The Morgan fingerprint density at radius 2 is 1.75 bits per heavy atom. The SMILES string of the molecule is O=C(O)CCN1C(=O)C2C3CC(C2C1=O)C1C3Sc2[nH]c(=O)sc2[C@@H]1c1ccc(OCC(=O)Nc2ccc(Cl)c(Cl)c2)cc1. The van der Waals surface area contributed by atoms with E-state index in [-0.39, 0.29) is 71.1 Å². The summed E-state index contributed by atoms with van der Waals surface area (Å²) in [6.07, 6.45) is 0.466. The number of halogens is 2. The molecule has 6 unspecified atom stereocenters. The fourth-order valence-corrected chi connectivity index (χ4v) is 10.8. The van der Waals surface area contributed by atoms with Crippen molar-refractivity contribution in [2.45, 2.75) is 29.0 Å². The molecule has 3 N–H and O–H groups in total. The summed E-state index contributed by atoms with van der Waals surface area (Å²) in [5.41, 5.74) is 1.45. The summed E-state index contributed by atoms with van der Waals surface area (Å²) in [6, 6.07) is 12.2. The maximum atomic E-state index is 13.5. The first-order chi connectivity index (χ1) is 21.1. The number of carbonyl (C=O) groups is 4. The van der Waals surface area contributed by atoms with Crippen LogP contribution in [-0.4, -0.2) is 57.1 Å². The van der Waals surface area contributed by atoms with Crippen molar-refractivity contribution in [1.82, 2.24) is 9.88 Å². The third-order valence-corrected chi connectivity index (χ3v) is 12.5. The van der Waals surface area contributed by atoms with Crippen LogP contribution in [-0.2, 0) is 19.2 Å². The number of carboxylic acid groups (broad SMARTS) is 1. The fourth-order valence-electron chi connectivity index (χ4n) is 7.57. The Labute approximate surface area is 269 Å². The molecule has 1 aromatic heterocycles. The lowest BCUT2D eigenvalue weighted by Crippen LogP contribution is -2.42. The molecule has 4 aliphatic rings. The number of aromatic amines is 1. The molecule has 2 saturated carbocycles. The first-order valence-corrected chi connectivity index (χ1v) is 16.5. The molecule has 44 heavy (non-hydrogen) atoms. The molecule has 0 spiro atoms. The van der Waals surface area contributed by atoms with E-state index in [1.54, 1.807) is 42.1 Å². The van der Waals surface area contributed by atoms with Gasteiger partial charge in [0.15, 0.2) is 6.61 Å². The van der Waals surface area contributed by atoms with Gasteiger partial charge in [-0.3, -0.25) is 28.9 Å². The molecular formula is C30H25Cl2N3O7S2. The number of likely N-dealkylation sites (tertiary alicyclic amines) is 1. The Balaban J connectivity index is 1.11. The standard InChI is InChI=1S/C30H25Cl2N3O7S2/c31-17-6-3-13(9-18(17)32)33-19(36)11-42-14-4-1-12(2-5-14)21-22-15-10-16(25(22)43-27-26(21)44-30(41)34-27)24-23(15)28(39)35(29(24)40)8-7-20(37)38/h1-6,9,15-16,21-25H,7-8,10-11H2,(H,33,36)(H,34,41)(H,37,38)/t15?,16?,21-,22?,23?,24?,25?/m1/s1. The van der Waals surface area contributed by atoms with Gasteiger partial charge in [0.25, 0.3) is 5.91 Å². The maximum Gasteiger partial charge on any atom is 0.305 e. The van der Waals surface area contributed by atoms with Gasteiger partial charge in [-0.05, 0) is 60.1 Å². The van der Waals surface area contributed by atoms with E-state index in [1.807, 2.05) is 12.1 Å². The van der Waals surface area contributed by atoms with Gasteiger partial charge in [-0.15, -0.1) is 11.8 Å². The molecule has 0 radical (unpaired) electrons. The zero-order chi connectivity index (χ0) is 30.9. The van der Waals surface area contributed by atoms with Crippen molar-refractivity contribution in [3.8, 4) is 5.75 Å². The topological polar surface area (TPSA) is 146 Å². The summed E-state index contributed by atoms with van der Waals surface area (Å²) in [5, 5.41) is 13.4. The van der Waals surface area contributed by atoms with Crippen molar-refractivity contribution in [2.24, 2.45) is 29.6 Å². The van der Waals surface area contributed by atoms with Crippen molar-refractivity contribution in [3.05, 3.63) is 72.6 Å². The van der Waals surface area contributed by atoms with E-state index in [0.717, 1.165) is 26.8 Å². The van der Waals surface area contributed by atoms with Crippen LogP contribution in [0.3, 0.4) is 0 Å². The summed E-state index contributed by atoms with van der Waals surface area (Å²) in [6.45, 7) is -0.339. The van der Waals surface area contributed by atoms with Crippen molar-refractivity contribution in [2.75, 3.05) is 18.5 Å². The van der Waals surface area contributed by atoms with E-state index in [9.17, 15) is 24.0 Å². The third-order valence-electron chi connectivity index (χ3n) is 9.18. The van der Waals surface area contributed by atoms with Gasteiger partial charge in [-0.1, -0.05) is 46.7 Å². The Morgan fingerprint density at radius 1 is 1.02 bits per heavy atom. The number of ether oxygens (including phenoxy) is 1. The van der Waals surface area contributed by atoms with Crippen molar-refractivity contribution in [3.63, 3.8) is 0 Å². The first-order valence-electron chi connectivity index (χ1n) is 14.0. The van der Waals surface area contributed by atoms with Crippen molar-refractivity contribution < 1.29 is 29.0 Å². The molecule has 2 bridgehead atoms. The van der Waals surface area contributed by atoms with E-state index in [0.29, 0.717) is 21.5 Å². The number of aliphatic carboxylic acids is 1. The first kappa shape index (κ1) is 29.4. The van der Waals surface area contributed by atoms with E-state index in [2.05, 4.69) is 10.3 Å². The molecule has 3 fully saturated rings. The number of carbonyl (C=O) groups excluding carboxylic acids is 3. The zero-order valence-corrected chi connectivity index (χ0v) is 26.0. The van der Waals surface area contributed by atoms with Crippen molar-refractivity contribution in [1.29, 1.82) is 0 Å². The number of thiazole rings is 1. The van der Waals surface area contributed by atoms with Crippen LogP contribution in [0.4, 0.5) is 5.69 Å². The van der Waals surface area contributed by atoms with Crippen LogP contribution in [0.2, 0.25) is 10.0 Å². The Hall–Kier alpha value is -3.32. The van der Waals surface area contributed by atoms with Crippen LogP contribution < -0.4 is 14.9 Å². The highest BCUT2D eigenvalue weighted by atomic mass is 35.5. The van der Waals surface area contributed by atoms with Gasteiger partial charge in [-0.25, -0.2) is 0 Å². The number of fused-ring (bicyclic) bond motifs is 9. The number of rotatable bonds is 8. The minimum Gasteiger partial charge on any atom is -0.484 e. The number of carboxylic acids is 1. The van der Waals surface area contributed by atoms with Crippen LogP contribution in [0.1, 0.15) is 29.2 Å². The molecule has 1 saturated heterocycles. The second kappa shape index (κ2) is 11.2. The normalized spacial score (nSPS) is 28.0. The van der Waals surface area contributed by atoms with Crippen LogP contribution in [0, 0.1) is 29.6 Å². The average molecular weight is 675 g/mol. The molecule has 228 valence electrons. The molecule has 10 nitrogen and oxygen atoms in total. The number of aromatic nitrogens is 1. The van der Waals surface area contributed by atoms with Gasteiger partial charge >= 0.3 is 10.8 Å². The van der Waals surface area contributed by atoms with Crippen LogP contribution in [0.15, 0.2) is 52.3 Å². The van der Waals surface area contributed by atoms with Crippen LogP contribution >= 0.6 is 46.3 Å². The van der Waals surface area contributed by atoms with E-state index in [4.69, 9.17) is 33.0 Å². The summed E-state index contributed by atoms with van der Waals surface area (Å²) in [5.74, 6) is -2.65. The molecule has 14 heteroatoms. The lowest BCUT2D eigenvalue weighted by Gasteiger charge is -2.43. The lowest BCUT2D eigenvalue weighted by atomic mass is 9.68. The molecule has 2 aliphatic heterocycles. The minimum atomic E-state index is -1.05. The van der Waals surface area contributed by atoms with E-state index in [1.165, 1.54) is 11.3 Å². The number of imide groups is 1. The Bertz CT molecular complexity index is 1760. The lowest BCUT2D eigenvalue weighted by molar-refractivity contribution is -0.142. The predicted molar refractivity (Wildman–Crippen MR) is 164 cm³/mol. The minimum absolute atomic E-state index is 0.0186. The number of benzene rings is 2. The third kappa shape index (κ3) is 4.92. The summed E-state index contributed by atoms with van der Waals surface area (Å²) in [7, 11) is 0. The largest absolute Gasteiger partial charge is 0.484 e. The van der Waals surface area contributed by atoms with Gasteiger partial charge < -0.3 is 20.1 Å². The molecule has 7 rings (SSSR count). The number of nitrogens with zero attached hydrogens (tertiary/aromatic N) is 1. The fraction of sp³-hybridized carbons (Fsp3) is 0.367. The molecule has 2 aromatic carbocycles. The van der Waals surface area contributed by atoms with Crippen molar-refractivity contribution >= 4 is 75.7 Å². The highest BCUT2D eigenvalue weighted by molar-refractivity contribution is 8.00. The van der Waals surface area contributed by atoms with Gasteiger partial charge in [-0.2, -0.15) is 0 Å². The highest BCUT2D eigenvalue weighted by Crippen LogP contribution is 2.68. The quantitative estimate of drug-likeness (QED) is 0.292. The second-order valence-corrected chi connectivity index (χ2v) is 14.5. The predicted octanol–water partition coefficient (Wildman–Crippen LogP) is 4.71. The Morgan fingerprint density at radius 3 is 2.45 bits per heavy atom. The van der Waals surface area contributed by atoms with E-state index < -0.39 is 17.8 Å². The molecule has 2 aliphatic carbocycles. The monoisotopic (exact) mass is 673 g/mol. The average Bonchev–Trinajstić information content (AvgIpc) is 3.72. The van der Waals surface area contributed by atoms with Crippen LogP contribution in [0.25, 0.3) is 0 Å². The number of H-pyrrole nitrogens is 1.